The van der Waals surface area contributed by atoms with Crippen LogP contribution in [0.2, 0.25) is 0 Å². The summed E-state index contributed by atoms with van der Waals surface area (Å²) in [6.45, 7) is 9.91. The zero-order chi connectivity index (χ0) is 15.6. The second-order valence-electron chi connectivity index (χ2n) is 5.47. The van der Waals surface area contributed by atoms with Gasteiger partial charge < -0.3 is 9.15 Å². The number of furan rings is 1. The van der Waals surface area contributed by atoms with Crippen LogP contribution in [0.4, 0.5) is 0 Å². The normalized spacial score (nSPS) is 12.7. The second kappa shape index (κ2) is 6.28. The maximum atomic E-state index is 5.77. The van der Waals surface area contributed by atoms with E-state index >= 15 is 0 Å². The largest absolute Gasteiger partial charge is 0.489 e. The molecule has 0 fully saturated rings. The molecule has 2 aromatic rings. The molecule has 0 radical (unpaired) electrons. The molecule has 0 aliphatic rings. The van der Waals surface area contributed by atoms with Crippen molar-refractivity contribution in [3.8, 4) is 5.75 Å². The molecule has 5 heteroatoms. The smallest absolute Gasteiger partial charge is 0.138 e. The molecular weight excluding hydrogens is 266 g/mol. The Kier molecular flexibility index (Phi) is 4.65. The number of hydrogen-bond donors (Lipinski definition) is 2. The number of pyridine rings is 1. The molecule has 3 N–H and O–H groups in total. The molecular formula is C16H23N3O2. The molecule has 1 unspecified atom stereocenters. The molecule has 0 amide bonds. The van der Waals surface area contributed by atoms with Crippen LogP contribution in [0.15, 0.2) is 22.9 Å². The number of aromatic nitrogens is 1. The lowest BCUT2D eigenvalue weighted by atomic mass is 9.97. The highest BCUT2D eigenvalue weighted by atomic mass is 16.5. The Morgan fingerprint density at radius 2 is 1.90 bits per heavy atom. The number of nitrogens with zero attached hydrogens (tertiary/aromatic N) is 1. The molecule has 2 rings (SSSR count). The van der Waals surface area contributed by atoms with Gasteiger partial charge in [-0.1, -0.05) is 0 Å². The standard InChI is InChI=1S/C16H23N3O2/c1-9(2)20-14-6-13(7-18-8-14)16(19-17)15-10(3)11(4)21-12(15)5/h6-9,16,19H,17H2,1-5H3. The van der Waals surface area contributed by atoms with E-state index in [9.17, 15) is 0 Å². The van der Waals surface area contributed by atoms with Gasteiger partial charge in [0.2, 0.25) is 0 Å². The van der Waals surface area contributed by atoms with Crippen LogP contribution in [-0.4, -0.2) is 11.1 Å². The van der Waals surface area contributed by atoms with E-state index in [2.05, 4.69) is 10.4 Å². The van der Waals surface area contributed by atoms with E-state index in [-0.39, 0.29) is 12.1 Å². The lowest BCUT2D eigenvalue weighted by Gasteiger charge is -2.18. The number of nitrogens with one attached hydrogen (secondary N) is 1. The van der Waals surface area contributed by atoms with Crippen LogP contribution in [0.25, 0.3) is 0 Å². The van der Waals surface area contributed by atoms with Crippen molar-refractivity contribution in [2.45, 2.75) is 46.8 Å². The Labute approximate surface area is 125 Å². The highest BCUT2D eigenvalue weighted by Gasteiger charge is 2.22. The summed E-state index contributed by atoms with van der Waals surface area (Å²) in [4.78, 5) is 4.25. The van der Waals surface area contributed by atoms with Crippen molar-refractivity contribution in [2.75, 3.05) is 0 Å². The third-order valence-corrected chi connectivity index (χ3v) is 3.51. The first-order chi connectivity index (χ1) is 9.93. The van der Waals surface area contributed by atoms with Gasteiger partial charge in [-0.25, -0.2) is 5.43 Å². The van der Waals surface area contributed by atoms with Crippen molar-refractivity contribution in [2.24, 2.45) is 5.84 Å². The predicted molar refractivity (Wildman–Crippen MR) is 82.1 cm³/mol. The summed E-state index contributed by atoms with van der Waals surface area (Å²) in [6.07, 6.45) is 3.60. The van der Waals surface area contributed by atoms with Gasteiger partial charge in [0, 0.05) is 11.8 Å². The number of ether oxygens (including phenoxy) is 1. The van der Waals surface area contributed by atoms with Gasteiger partial charge in [0.15, 0.2) is 0 Å². The molecule has 1 atom stereocenters. The van der Waals surface area contributed by atoms with Crippen LogP contribution < -0.4 is 16.0 Å². The number of hydrazine groups is 1. The Bertz CT molecular complexity index is 620. The van der Waals surface area contributed by atoms with Crippen molar-refractivity contribution in [1.29, 1.82) is 0 Å². The van der Waals surface area contributed by atoms with E-state index in [1.54, 1.807) is 12.4 Å². The van der Waals surface area contributed by atoms with Gasteiger partial charge in [-0.15, -0.1) is 0 Å². The van der Waals surface area contributed by atoms with Crippen molar-refractivity contribution in [1.82, 2.24) is 10.4 Å². The van der Waals surface area contributed by atoms with Gasteiger partial charge >= 0.3 is 0 Å². The lowest BCUT2D eigenvalue weighted by Crippen LogP contribution is -2.29. The Morgan fingerprint density at radius 3 is 2.43 bits per heavy atom. The quantitative estimate of drug-likeness (QED) is 0.654. The van der Waals surface area contributed by atoms with E-state index in [4.69, 9.17) is 15.0 Å². The molecule has 2 heterocycles. The second-order valence-corrected chi connectivity index (χ2v) is 5.47. The third kappa shape index (κ3) is 3.25. The van der Waals surface area contributed by atoms with Gasteiger partial charge in [-0.2, -0.15) is 0 Å². The first-order valence-corrected chi connectivity index (χ1v) is 7.08. The number of hydrogen-bond acceptors (Lipinski definition) is 5. The van der Waals surface area contributed by atoms with Crippen molar-refractivity contribution >= 4 is 0 Å². The minimum atomic E-state index is -0.175. The van der Waals surface area contributed by atoms with Gasteiger partial charge in [0.25, 0.3) is 0 Å². The Morgan fingerprint density at radius 1 is 1.19 bits per heavy atom. The van der Waals surface area contributed by atoms with Crippen LogP contribution in [0, 0.1) is 20.8 Å². The highest BCUT2D eigenvalue weighted by molar-refractivity contribution is 5.41. The molecule has 2 aromatic heterocycles. The van der Waals surface area contributed by atoms with Crippen LogP contribution in [0.1, 0.15) is 48.1 Å². The minimum absolute atomic E-state index is 0.103. The summed E-state index contributed by atoms with van der Waals surface area (Å²) in [5.41, 5.74) is 5.96. The molecule has 0 aromatic carbocycles. The summed E-state index contributed by atoms with van der Waals surface area (Å²) in [5.74, 6) is 8.28. The molecule has 0 bridgehead atoms. The van der Waals surface area contributed by atoms with Gasteiger partial charge in [0.05, 0.1) is 18.3 Å². The number of nitrogens with two attached hydrogens (primary N) is 1. The third-order valence-electron chi connectivity index (χ3n) is 3.51. The summed E-state index contributed by atoms with van der Waals surface area (Å²) in [6, 6.07) is 1.78. The molecule has 0 aliphatic carbocycles. The van der Waals surface area contributed by atoms with Crippen LogP contribution >= 0.6 is 0 Å². The summed E-state index contributed by atoms with van der Waals surface area (Å²) in [5, 5.41) is 0. The van der Waals surface area contributed by atoms with Crippen molar-refractivity contribution < 1.29 is 9.15 Å². The van der Waals surface area contributed by atoms with E-state index in [1.807, 2.05) is 40.7 Å². The van der Waals surface area contributed by atoms with E-state index in [1.165, 1.54) is 0 Å². The molecule has 0 saturated heterocycles. The fraction of sp³-hybridized carbons (Fsp3) is 0.438. The molecule has 114 valence electrons. The van der Waals surface area contributed by atoms with E-state index in [0.29, 0.717) is 0 Å². The highest BCUT2D eigenvalue weighted by Crippen LogP contribution is 2.31. The van der Waals surface area contributed by atoms with Gasteiger partial charge in [-0.05, 0) is 51.8 Å². The molecule has 0 saturated carbocycles. The van der Waals surface area contributed by atoms with E-state index < -0.39 is 0 Å². The fourth-order valence-electron chi connectivity index (χ4n) is 2.51. The fourth-order valence-corrected chi connectivity index (χ4v) is 2.51. The summed E-state index contributed by atoms with van der Waals surface area (Å²) in [7, 11) is 0. The van der Waals surface area contributed by atoms with Crippen LogP contribution in [-0.2, 0) is 0 Å². The maximum absolute atomic E-state index is 5.77. The summed E-state index contributed by atoms with van der Waals surface area (Å²) >= 11 is 0. The average Bonchev–Trinajstić information content (AvgIpc) is 2.66. The summed E-state index contributed by atoms with van der Waals surface area (Å²) < 4.78 is 11.4. The lowest BCUT2D eigenvalue weighted by molar-refractivity contribution is 0.241. The average molecular weight is 289 g/mol. The topological polar surface area (TPSA) is 73.3 Å². The zero-order valence-electron chi connectivity index (χ0n) is 13.2. The first kappa shape index (κ1) is 15.5. The first-order valence-electron chi connectivity index (χ1n) is 7.08. The predicted octanol–water partition coefficient (Wildman–Crippen LogP) is 2.94. The molecule has 0 spiro atoms. The van der Waals surface area contributed by atoms with E-state index in [0.717, 1.165) is 34.0 Å². The number of rotatable bonds is 5. The maximum Gasteiger partial charge on any atom is 0.138 e. The minimum Gasteiger partial charge on any atom is -0.489 e. The van der Waals surface area contributed by atoms with Gasteiger partial charge in [0.1, 0.15) is 17.3 Å². The zero-order valence-corrected chi connectivity index (χ0v) is 13.2. The Hall–Kier alpha value is -1.85. The van der Waals surface area contributed by atoms with Crippen LogP contribution in [0.5, 0.6) is 5.75 Å². The molecule has 0 aliphatic heterocycles. The monoisotopic (exact) mass is 289 g/mol. The van der Waals surface area contributed by atoms with Gasteiger partial charge in [-0.3, -0.25) is 10.8 Å². The van der Waals surface area contributed by atoms with Crippen molar-refractivity contribution in [3.05, 3.63) is 46.7 Å². The molecule has 5 nitrogen and oxygen atoms in total. The number of aryl methyl sites for hydroxylation is 2. The van der Waals surface area contributed by atoms with Crippen molar-refractivity contribution in [3.63, 3.8) is 0 Å². The SMILES string of the molecule is Cc1oc(C)c(C(NN)c2cncc(OC(C)C)c2)c1C. The Balaban J connectivity index is 2.42. The van der Waals surface area contributed by atoms with Crippen LogP contribution in [0.3, 0.4) is 0 Å². The molecule has 21 heavy (non-hydrogen) atoms.